The van der Waals surface area contributed by atoms with Crippen molar-refractivity contribution in [2.45, 2.75) is 6.92 Å². The molecule has 0 bridgehead atoms. The van der Waals surface area contributed by atoms with Gasteiger partial charge in [0, 0.05) is 0 Å². The van der Waals surface area contributed by atoms with Crippen LogP contribution in [0.25, 0.3) is 0 Å². The van der Waals surface area contributed by atoms with E-state index >= 15 is 0 Å². The maximum Gasteiger partial charge on any atom is 0.338 e. The van der Waals surface area contributed by atoms with Crippen LogP contribution in [-0.2, 0) is 4.74 Å². The van der Waals surface area contributed by atoms with Crippen LogP contribution < -0.4 is 15.9 Å². The van der Waals surface area contributed by atoms with Gasteiger partial charge in [0.25, 0.3) is 0 Å². The molecule has 0 aliphatic rings. The van der Waals surface area contributed by atoms with Crippen molar-refractivity contribution in [2.24, 2.45) is 0 Å². The number of hydrogen-bond donors (Lipinski definition) is 0. The normalized spacial score (nSPS) is 10.6. The molecule has 3 aromatic carbocycles. The number of carbonyl (C=O) groups is 1. The van der Waals surface area contributed by atoms with Gasteiger partial charge in [0.05, 0.1) is 12.7 Å². The molecular formula is C21H19O2P. The Morgan fingerprint density at radius 3 is 1.83 bits per heavy atom. The first kappa shape index (κ1) is 16.4. The fourth-order valence-electron chi connectivity index (χ4n) is 2.78. The fraction of sp³-hybridized carbons (Fsp3) is 0.0952. The molecule has 0 N–H and O–H groups in total. The molecule has 3 rings (SSSR count). The zero-order valence-electron chi connectivity index (χ0n) is 13.8. The van der Waals surface area contributed by atoms with Crippen molar-refractivity contribution < 1.29 is 9.53 Å². The van der Waals surface area contributed by atoms with Crippen LogP contribution >= 0.6 is 7.92 Å². The summed E-state index contributed by atoms with van der Waals surface area (Å²) in [5.41, 5.74) is 1.62. The van der Waals surface area contributed by atoms with Crippen LogP contribution in [0.4, 0.5) is 0 Å². The minimum atomic E-state index is -0.721. The molecule has 2 nitrogen and oxygen atoms in total. The van der Waals surface area contributed by atoms with Crippen molar-refractivity contribution in [3.8, 4) is 0 Å². The first-order chi connectivity index (χ1) is 11.7. The Hall–Kier alpha value is -2.44. The number of benzene rings is 3. The van der Waals surface area contributed by atoms with Crippen LogP contribution in [0.2, 0.25) is 0 Å². The van der Waals surface area contributed by atoms with Crippen molar-refractivity contribution in [3.05, 3.63) is 90.0 Å². The van der Waals surface area contributed by atoms with E-state index in [-0.39, 0.29) is 5.97 Å². The van der Waals surface area contributed by atoms with Gasteiger partial charge in [-0.05, 0) is 42.4 Å². The van der Waals surface area contributed by atoms with Gasteiger partial charge in [-0.1, -0.05) is 72.8 Å². The summed E-state index contributed by atoms with van der Waals surface area (Å²) < 4.78 is 4.93. The summed E-state index contributed by atoms with van der Waals surface area (Å²) in [6.07, 6.45) is 0. The number of carbonyl (C=O) groups excluding carboxylic acids is 1. The molecule has 0 aliphatic carbocycles. The van der Waals surface area contributed by atoms with Crippen molar-refractivity contribution in [3.63, 3.8) is 0 Å². The Balaban J connectivity index is 2.19. The number of hydrogen-bond acceptors (Lipinski definition) is 2. The molecule has 120 valence electrons. The van der Waals surface area contributed by atoms with Gasteiger partial charge in [0.1, 0.15) is 0 Å². The highest BCUT2D eigenvalue weighted by atomic mass is 31.1. The van der Waals surface area contributed by atoms with E-state index in [1.807, 2.05) is 31.2 Å². The molecule has 0 aliphatic heterocycles. The van der Waals surface area contributed by atoms with Crippen molar-refractivity contribution >= 4 is 29.8 Å². The van der Waals surface area contributed by atoms with E-state index in [1.54, 1.807) is 0 Å². The van der Waals surface area contributed by atoms with E-state index in [4.69, 9.17) is 4.74 Å². The predicted molar refractivity (Wildman–Crippen MR) is 101 cm³/mol. The summed E-state index contributed by atoms with van der Waals surface area (Å²) in [6, 6.07) is 26.8. The number of ether oxygens (including phenoxy) is 1. The maximum atomic E-state index is 12.1. The van der Waals surface area contributed by atoms with Gasteiger partial charge in [0.2, 0.25) is 0 Å². The zero-order chi connectivity index (χ0) is 16.9. The Bertz CT molecular complexity index is 789. The number of rotatable bonds is 4. The fourth-order valence-corrected chi connectivity index (χ4v) is 5.26. The monoisotopic (exact) mass is 334 g/mol. The third-order valence-corrected chi connectivity index (χ3v) is 6.58. The molecule has 0 saturated carbocycles. The van der Waals surface area contributed by atoms with Gasteiger partial charge in [-0.15, -0.1) is 0 Å². The van der Waals surface area contributed by atoms with Crippen LogP contribution in [0.3, 0.4) is 0 Å². The summed E-state index contributed by atoms with van der Waals surface area (Å²) in [4.78, 5) is 12.1. The topological polar surface area (TPSA) is 26.3 Å². The minimum absolute atomic E-state index is 0.287. The van der Waals surface area contributed by atoms with E-state index < -0.39 is 7.92 Å². The van der Waals surface area contributed by atoms with Gasteiger partial charge in [0.15, 0.2) is 0 Å². The number of esters is 1. The molecule has 3 heteroatoms. The molecule has 0 saturated heterocycles. The molecule has 0 radical (unpaired) electrons. The third-order valence-electron chi connectivity index (χ3n) is 3.98. The average molecular weight is 334 g/mol. The summed E-state index contributed by atoms with van der Waals surface area (Å²) in [6.45, 7) is 2.00. The highest BCUT2D eigenvalue weighted by molar-refractivity contribution is 7.79. The molecular weight excluding hydrogens is 315 g/mol. The van der Waals surface area contributed by atoms with Crippen molar-refractivity contribution in [2.75, 3.05) is 7.11 Å². The average Bonchev–Trinajstić information content (AvgIpc) is 2.64. The van der Waals surface area contributed by atoms with Crippen LogP contribution in [0.1, 0.15) is 15.9 Å². The van der Waals surface area contributed by atoms with Crippen molar-refractivity contribution in [1.29, 1.82) is 0 Å². The second kappa shape index (κ2) is 7.42. The quantitative estimate of drug-likeness (QED) is 0.539. The zero-order valence-corrected chi connectivity index (χ0v) is 14.7. The lowest BCUT2D eigenvalue weighted by Crippen LogP contribution is -2.24. The second-order valence-corrected chi connectivity index (χ2v) is 7.63. The molecule has 0 amide bonds. The molecule has 24 heavy (non-hydrogen) atoms. The minimum Gasteiger partial charge on any atom is -0.465 e. The van der Waals surface area contributed by atoms with E-state index in [2.05, 4.69) is 54.6 Å². The third kappa shape index (κ3) is 3.25. The van der Waals surface area contributed by atoms with Gasteiger partial charge in [-0.25, -0.2) is 4.79 Å². The van der Waals surface area contributed by atoms with Gasteiger partial charge >= 0.3 is 5.97 Å². The maximum absolute atomic E-state index is 12.1. The van der Waals surface area contributed by atoms with Gasteiger partial charge in [-0.3, -0.25) is 0 Å². The SMILES string of the molecule is COC(=O)c1cccc(P(c2ccccc2)c2ccccc2)c1C. The van der Waals surface area contributed by atoms with Crippen LogP contribution in [0.15, 0.2) is 78.9 Å². The summed E-state index contributed by atoms with van der Waals surface area (Å²) in [5.74, 6) is -0.287. The predicted octanol–water partition coefficient (Wildman–Crippen LogP) is 3.54. The van der Waals surface area contributed by atoms with E-state index in [0.717, 1.165) is 5.56 Å². The van der Waals surface area contributed by atoms with E-state index in [9.17, 15) is 4.79 Å². The molecule has 0 spiro atoms. The Morgan fingerprint density at radius 1 is 0.792 bits per heavy atom. The highest BCUT2D eigenvalue weighted by Crippen LogP contribution is 2.34. The van der Waals surface area contributed by atoms with E-state index in [1.165, 1.54) is 23.0 Å². The first-order valence-electron chi connectivity index (χ1n) is 7.80. The molecule has 0 unspecified atom stereocenters. The van der Waals surface area contributed by atoms with Gasteiger partial charge < -0.3 is 4.74 Å². The van der Waals surface area contributed by atoms with E-state index in [0.29, 0.717) is 5.56 Å². The lowest BCUT2D eigenvalue weighted by Gasteiger charge is -2.22. The summed E-state index contributed by atoms with van der Waals surface area (Å²) in [7, 11) is 0.702. The summed E-state index contributed by atoms with van der Waals surface area (Å²) in [5, 5.41) is 3.72. The Labute approximate surface area is 143 Å². The Kier molecular flexibility index (Phi) is 5.08. The smallest absolute Gasteiger partial charge is 0.338 e. The molecule has 0 aromatic heterocycles. The standard InChI is InChI=1S/C21H19O2P/c1-16-19(21(22)23-2)14-9-15-20(16)24(17-10-5-3-6-11-17)18-12-7-4-8-13-18/h3-15H,1-2H3. The van der Waals surface area contributed by atoms with Gasteiger partial charge in [-0.2, -0.15) is 0 Å². The number of methoxy groups -OCH3 is 1. The molecule has 0 fully saturated rings. The van der Waals surface area contributed by atoms with Crippen LogP contribution in [0, 0.1) is 6.92 Å². The van der Waals surface area contributed by atoms with Crippen LogP contribution in [-0.4, -0.2) is 13.1 Å². The lowest BCUT2D eigenvalue weighted by atomic mass is 10.1. The van der Waals surface area contributed by atoms with Crippen LogP contribution in [0.5, 0.6) is 0 Å². The first-order valence-corrected chi connectivity index (χ1v) is 9.14. The largest absolute Gasteiger partial charge is 0.465 e. The molecule has 0 heterocycles. The van der Waals surface area contributed by atoms with Crippen molar-refractivity contribution in [1.82, 2.24) is 0 Å². The Morgan fingerprint density at radius 2 is 1.33 bits per heavy atom. The second-order valence-electron chi connectivity index (χ2n) is 5.45. The lowest BCUT2D eigenvalue weighted by molar-refractivity contribution is 0.0600. The highest BCUT2D eigenvalue weighted by Gasteiger charge is 2.21. The molecule has 3 aromatic rings. The summed E-state index contributed by atoms with van der Waals surface area (Å²) >= 11 is 0. The molecule has 0 atom stereocenters.